The van der Waals surface area contributed by atoms with Gasteiger partial charge in [-0.1, -0.05) is 29.3 Å². The van der Waals surface area contributed by atoms with Crippen molar-refractivity contribution in [3.63, 3.8) is 0 Å². The summed E-state index contributed by atoms with van der Waals surface area (Å²) in [7, 11) is 0. The highest BCUT2D eigenvalue weighted by molar-refractivity contribution is 6.31. The molecule has 2 nitrogen and oxygen atoms in total. The maximum atomic E-state index is 13.0. The number of rotatable bonds is 3. The third kappa shape index (κ3) is 2.99. The first kappa shape index (κ1) is 13.3. The Morgan fingerprint density at radius 3 is 2.67 bits per heavy atom. The molecule has 0 spiro atoms. The van der Waals surface area contributed by atoms with E-state index in [1.54, 1.807) is 30.5 Å². The average Bonchev–Trinajstić information content (AvgIpc) is 2.34. The highest BCUT2D eigenvalue weighted by Gasteiger charge is 2.12. The van der Waals surface area contributed by atoms with Gasteiger partial charge in [0.2, 0.25) is 0 Å². The Bertz CT molecular complexity index is 560. The Morgan fingerprint density at radius 2 is 2.00 bits per heavy atom. The van der Waals surface area contributed by atoms with Crippen molar-refractivity contribution in [3.05, 3.63) is 63.6 Å². The molecule has 0 aliphatic rings. The predicted octanol–water partition coefficient (Wildman–Crippen LogP) is 3.77. The Hall–Kier alpha value is -1.16. The van der Waals surface area contributed by atoms with E-state index in [4.69, 9.17) is 28.9 Å². The molecule has 2 rings (SSSR count). The molecule has 0 radical (unpaired) electrons. The molecule has 1 heterocycles. The summed E-state index contributed by atoms with van der Waals surface area (Å²) in [5, 5.41) is 0.616. The summed E-state index contributed by atoms with van der Waals surface area (Å²) < 4.78 is 13.0. The molecule has 1 aromatic carbocycles. The van der Waals surface area contributed by atoms with E-state index in [1.807, 2.05) is 0 Å². The van der Waals surface area contributed by atoms with Gasteiger partial charge in [-0.05, 0) is 36.2 Å². The fourth-order valence-corrected chi connectivity index (χ4v) is 2.15. The van der Waals surface area contributed by atoms with Crippen molar-refractivity contribution in [2.45, 2.75) is 12.5 Å². The second-order valence-electron chi connectivity index (χ2n) is 3.93. The molecule has 94 valence electrons. The molecule has 2 N–H and O–H groups in total. The van der Waals surface area contributed by atoms with Crippen molar-refractivity contribution < 1.29 is 4.39 Å². The molecule has 18 heavy (non-hydrogen) atoms. The molecule has 1 atom stereocenters. The van der Waals surface area contributed by atoms with Gasteiger partial charge in [0.1, 0.15) is 5.82 Å². The molecule has 2 aromatic rings. The quantitative estimate of drug-likeness (QED) is 0.932. The van der Waals surface area contributed by atoms with Crippen LogP contribution >= 0.6 is 23.2 Å². The Morgan fingerprint density at radius 1 is 1.22 bits per heavy atom. The van der Waals surface area contributed by atoms with E-state index < -0.39 is 5.82 Å². The van der Waals surface area contributed by atoms with Crippen LogP contribution < -0.4 is 5.73 Å². The summed E-state index contributed by atoms with van der Waals surface area (Å²) >= 11 is 11.7. The molecule has 0 aliphatic carbocycles. The zero-order valence-electron chi connectivity index (χ0n) is 9.41. The summed E-state index contributed by atoms with van der Waals surface area (Å²) in [6, 6.07) is 7.67. The third-order valence-electron chi connectivity index (χ3n) is 2.58. The second-order valence-corrected chi connectivity index (χ2v) is 4.74. The molecule has 0 aliphatic heterocycles. The maximum absolute atomic E-state index is 13.0. The number of pyridine rings is 1. The zero-order chi connectivity index (χ0) is 13.1. The summed E-state index contributed by atoms with van der Waals surface area (Å²) in [6.07, 6.45) is 2.13. The molecule has 0 fully saturated rings. The topological polar surface area (TPSA) is 38.9 Å². The van der Waals surface area contributed by atoms with Gasteiger partial charge in [0.05, 0.1) is 21.8 Å². The van der Waals surface area contributed by atoms with E-state index in [0.29, 0.717) is 17.1 Å². The number of hydrogen-bond donors (Lipinski definition) is 1. The maximum Gasteiger partial charge on any atom is 0.141 e. The first-order valence-corrected chi connectivity index (χ1v) is 6.13. The lowest BCUT2D eigenvalue weighted by Gasteiger charge is -2.12. The third-order valence-corrected chi connectivity index (χ3v) is 3.19. The summed E-state index contributed by atoms with van der Waals surface area (Å²) in [4.78, 5) is 4.15. The van der Waals surface area contributed by atoms with Crippen LogP contribution in [0.3, 0.4) is 0 Å². The van der Waals surface area contributed by atoms with Crippen LogP contribution in [-0.2, 0) is 6.42 Å². The van der Waals surface area contributed by atoms with E-state index in [0.717, 1.165) is 5.56 Å². The van der Waals surface area contributed by atoms with Crippen molar-refractivity contribution in [2.75, 3.05) is 0 Å². The van der Waals surface area contributed by atoms with Crippen molar-refractivity contribution >= 4 is 23.2 Å². The molecule has 1 unspecified atom stereocenters. The first-order chi connectivity index (χ1) is 8.58. The van der Waals surface area contributed by atoms with Gasteiger partial charge >= 0.3 is 0 Å². The zero-order valence-corrected chi connectivity index (χ0v) is 10.9. The predicted molar refractivity (Wildman–Crippen MR) is 71.3 cm³/mol. The molecule has 0 amide bonds. The summed E-state index contributed by atoms with van der Waals surface area (Å²) in [5.41, 5.74) is 7.50. The Kier molecular flexibility index (Phi) is 4.17. The van der Waals surface area contributed by atoms with Gasteiger partial charge in [-0.2, -0.15) is 0 Å². The minimum Gasteiger partial charge on any atom is -0.322 e. The van der Waals surface area contributed by atoms with Crippen molar-refractivity contribution in [3.8, 4) is 0 Å². The molecule has 0 saturated heterocycles. The monoisotopic (exact) mass is 284 g/mol. The lowest BCUT2D eigenvalue weighted by Crippen LogP contribution is -2.15. The SMILES string of the molecule is NC(Cc1ccc(F)c(Cl)c1)c1ncccc1Cl. The fourth-order valence-electron chi connectivity index (χ4n) is 1.69. The lowest BCUT2D eigenvalue weighted by molar-refractivity contribution is 0.625. The average molecular weight is 285 g/mol. The largest absolute Gasteiger partial charge is 0.322 e. The summed E-state index contributed by atoms with van der Waals surface area (Å²) in [5.74, 6) is -0.440. The van der Waals surface area contributed by atoms with Crippen LogP contribution in [0, 0.1) is 5.82 Å². The van der Waals surface area contributed by atoms with Crippen LogP contribution in [0.5, 0.6) is 0 Å². The van der Waals surface area contributed by atoms with E-state index in [1.165, 1.54) is 6.07 Å². The van der Waals surface area contributed by atoms with Crippen LogP contribution in [0.2, 0.25) is 10.0 Å². The van der Waals surface area contributed by atoms with Gasteiger partial charge in [0, 0.05) is 6.20 Å². The van der Waals surface area contributed by atoms with Crippen LogP contribution in [-0.4, -0.2) is 4.98 Å². The number of aromatic nitrogens is 1. The van der Waals surface area contributed by atoms with Gasteiger partial charge < -0.3 is 5.73 Å². The molecular weight excluding hydrogens is 274 g/mol. The Labute approximate surface area is 115 Å². The minimum absolute atomic E-state index is 0.0896. The Balaban J connectivity index is 2.19. The van der Waals surface area contributed by atoms with E-state index >= 15 is 0 Å². The summed E-state index contributed by atoms with van der Waals surface area (Å²) in [6.45, 7) is 0. The number of hydrogen-bond acceptors (Lipinski definition) is 2. The highest BCUT2D eigenvalue weighted by atomic mass is 35.5. The van der Waals surface area contributed by atoms with Gasteiger partial charge in [-0.15, -0.1) is 0 Å². The fraction of sp³-hybridized carbons (Fsp3) is 0.154. The van der Waals surface area contributed by atoms with Gasteiger partial charge in [0.15, 0.2) is 0 Å². The number of benzene rings is 1. The first-order valence-electron chi connectivity index (χ1n) is 5.38. The van der Waals surface area contributed by atoms with Crippen LogP contribution in [0.4, 0.5) is 4.39 Å². The van der Waals surface area contributed by atoms with Crippen molar-refractivity contribution in [2.24, 2.45) is 5.73 Å². The van der Waals surface area contributed by atoms with Crippen molar-refractivity contribution in [1.82, 2.24) is 4.98 Å². The van der Waals surface area contributed by atoms with Gasteiger partial charge in [0.25, 0.3) is 0 Å². The molecule has 1 aromatic heterocycles. The standard InChI is InChI=1S/C13H11Cl2FN2/c14-9-2-1-5-18-13(9)12(17)7-8-3-4-11(16)10(15)6-8/h1-6,12H,7,17H2. The van der Waals surface area contributed by atoms with E-state index in [2.05, 4.69) is 4.98 Å². The van der Waals surface area contributed by atoms with Gasteiger partial charge in [-0.25, -0.2) is 4.39 Å². The van der Waals surface area contributed by atoms with E-state index in [-0.39, 0.29) is 11.1 Å². The molecule has 5 heteroatoms. The van der Waals surface area contributed by atoms with Gasteiger partial charge in [-0.3, -0.25) is 4.98 Å². The molecule has 0 bridgehead atoms. The second kappa shape index (κ2) is 5.65. The molecule has 0 saturated carbocycles. The highest BCUT2D eigenvalue weighted by Crippen LogP contribution is 2.23. The van der Waals surface area contributed by atoms with Crippen molar-refractivity contribution in [1.29, 1.82) is 0 Å². The molecular formula is C13H11Cl2FN2. The normalized spacial score (nSPS) is 12.4. The van der Waals surface area contributed by atoms with Crippen LogP contribution in [0.1, 0.15) is 17.3 Å². The minimum atomic E-state index is -0.440. The van der Waals surface area contributed by atoms with Crippen LogP contribution in [0.25, 0.3) is 0 Å². The smallest absolute Gasteiger partial charge is 0.141 e. The van der Waals surface area contributed by atoms with Crippen LogP contribution in [0.15, 0.2) is 36.5 Å². The lowest BCUT2D eigenvalue weighted by atomic mass is 10.0. The number of halogens is 3. The number of nitrogens with two attached hydrogens (primary N) is 1. The van der Waals surface area contributed by atoms with E-state index in [9.17, 15) is 4.39 Å². The number of nitrogens with zero attached hydrogens (tertiary/aromatic N) is 1.